The van der Waals surface area contributed by atoms with Gasteiger partial charge in [0.2, 0.25) is 0 Å². The molecule has 1 aromatic carbocycles. The smallest absolute Gasteiger partial charge is 0.270 e. The summed E-state index contributed by atoms with van der Waals surface area (Å²) in [4.78, 5) is 14.2. The van der Waals surface area contributed by atoms with Crippen LogP contribution in [0.2, 0.25) is 0 Å². The Hall–Kier alpha value is -2.47. The molecule has 2 heterocycles. The van der Waals surface area contributed by atoms with Gasteiger partial charge in [-0.15, -0.1) is 11.3 Å². The van der Waals surface area contributed by atoms with E-state index in [1.165, 1.54) is 17.0 Å². The van der Waals surface area contributed by atoms with Crippen LogP contribution in [0.4, 0.5) is 4.39 Å². The zero-order valence-electron chi connectivity index (χ0n) is 14.5. The van der Waals surface area contributed by atoms with Gasteiger partial charge in [-0.05, 0) is 54.6 Å². The van der Waals surface area contributed by atoms with Crippen LogP contribution in [0.15, 0.2) is 47.8 Å². The minimum absolute atomic E-state index is 0.122. The summed E-state index contributed by atoms with van der Waals surface area (Å²) in [5.74, 6) is -0.412. The molecule has 0 aliphatic heterocycles. The highest BCUT2D eigenvalue weighted by atomic mass is 32.1. The molecular weight excluding hydrogens is 349 g/mol. The highest BCUT2D eigenvalue weighted by Crippen LogP contribution is 2.41. The number of rotatable bonds is 4. The number of aryl methyl sites for hydroxylation is 1. The summed E-state index contributed by atoms with van der Waals surface area (Å²) < 4.78 is 14.7. The standard InChI is InChI=1S/C20H20FN3OS/c1-24-17(13-16(23-24)14-6-8-15(21)9-7-14)19(25)22-20(10-2-3-11-20)18-5-4-12-26-18/h4-9,12-13H,2-3,10-11H2,1H3,(H,22,25). The minimum Gasteiger partial charge on any atom is -0.340 e. The van der Waals surface area contributed by atoms with Crippen molar-refractivity contribution in [3.63, 3.8) is 0 Å². The van der Waals surface area contributed by atoms with Crippen LogP contribution in [0.3, 0.4) is 0 Å². The predicted molar refractivity (Wildman–Crippen MR) is 101 cm³/mol. The van der Waals surface area contributed by atoms with Crippen LogP contribution in [0.5, 0.6) is 0 Å². The van der Waals surface area contributed by atoms with Crippen LogP contribution in [-0.4, -0.2) is 15.7 Å². The summed E-state index contributed by atoms with van der Waals surface area (Å²) >= 11 is 1.69. The number of hydrogen-bond donors (Lipinski definition) is 1. The number of aromatic nitrogens is 2. The molecule has 0 bridgehead atoms. The average molecular weight is 369 g/mol. The number of thiophene rings is 1. The summed E-state index contributed by atoms with van der Waals surface area (Å²) in [5.41, 5.74) is 1.68. The van der Waals surface area contributed by atoms with Gasteiger partial charge in [0.1, 0.15) is 11.5 Å². The molecule has 1 aliphatic carbocycles. The summed E-state index contributed by atoms with van der Waals surface area (Å²) in [7, 11) is 1.76. The summed E-state index contributed by atoms with van der Waals surface area (Å²) in [6.07, 6.45) is 4.15. The normalized spacial score (nSPS) is 15.9. The van der Waals surface area contributed by atoms with E-state index < -0.39 is 0 Å². The number of carbonyl (C=O) groups excluding carboxylic acids is 1. The van der Waals surface area contributed by atoms with Crippen molar-refractivity contribution < 1.29 is 9.18 Å². The summed E-state index contributed by atoms with van der Waals surface area (Å²) in [6, 6.07) is 12.0. The zero-order valence-corrected chi connectivity index (χ0v) is 15.4. The number of hydrogen-bond acceptors (Lipinski definition) is 3. The molecule has 0 saturated heterocycles. The van der Waals surface area contributed by atoms with E-state index >= 15 is 0 Å². The Balaban J connectivity index is 1.61. The Morgan fingerprint density at radius 3 is 2.62 bits per heavy atom. The van der Waals surface area contributed by atoms with Crippen molar-refractivity contribution in [2.24, 2.45) is 7.05 Å². The molecule has 1 amide bonds. The molecule has 1 saturated carbocycles. The van der Waals surface area contributed by atoms with Gasteiger partial charge in [0.25, 0.3) is 5.91 Å². The fourth-order valence-electron chi connectivity index (χ4n) is 3.69. The molecule has 26 heavy (non-hydrogen) atoms. The van der Waals surface area contributed by atoms with Gasteiger partial charge in [-0.2, -0.15) is 5.10 Å². The van der Waals surface area contributed by atoms with Gasteiger partial charge < -0.3 is 5.32 Å². The van der Waals surface area contributed by atoms with E-state index in [9.17, 15) is 9.18 Å². The first kappa shape index (κ1) is 17.0. The van der Waals surface area contributed by atoms with Crippen LogP contribution in [0, 0.1) is 5.82 Å². The van der Waals surface area contributed by atoms with Crippen molar-refractivity contribution in [3.8, 4) is 11.3 Å². The lowest BCUT2D eigenvalue weighted by Crippen LogP contribution is -2.43. The zero-order chi connectivity index (χ0) is 18.1. The Morgan fingerprint density at radius 1 is 1.23 bits per heavy atom. The van der Waals surface area contributed by atoms with Gasteiger partial charge in [0.15, 0.2) is 0 Å². The summed E-state index contributed by atoms with van der Waals surface area (Å²) in [5, 5.41) is 9.76. The van der Waals surface area contributed by atoms with E-state index in [4.69, 9.17) is 0 Å². The monoisotopic (exact) mass is 369 g/mol. The first-order valence-corrected chi connectivity index (χ1v) is 9.62. The van der Waals surface area contributed by atoms with E-state index in [0.29, 0.717) is 11.4 Å². The van der Waals surface area contributed by atoms with Crippen molar-refractivity contribution in [1.29, 1.82) is 0 Å². The topological polar surface area (TPSA) is 46.9 Å². The lowest BCUT2D eigenvalue weighted by molar-refractivity contribution is 0.0890. The van der Waals surface area contributed by atoms with Crippen molar-refractivity contribution in [1.82, 2.24) is 15.1 Å². The average Bonchev–Trinajstić information content (AvgIpc) is 3.36. The van der Waals surface area contributed by atoms with Crippen LogP contribution in [0.1, 0.15) is 41.0 Å². The van der Waals surface area contributed by atoms with Gasteiger partial charge in [-0.3, -0.25) is 9.48 Å². The van der Waals surface area contributed by atoms with Crippen LogP contribution in [0.25, 0.3) is 11.3 Å². The molecule has 0 radical (unpaired) electrons. The Bertz CT molecular complexity index is 909. The van der Waals surface area contributed by atoms with E-state index in [1.807, 2.05) is 6.07 Å². The second kappa shape index (κ2) is 6.68. The maximum Gasteiger partial charge on any atom is 0.270 e. The molecule has 0 spiro atoms. The first-order chi connectivity index (χ1) is 12.6. The van der Waals surface area contributed by atoms with Crippen molar-refractivity contribution in [2.75, 3.05) is 0 Å². The second-order valence-electron chi connectivity index (χ2n) is 6.77. The van der Waals surface area contributed by atoms with E-state index in [2.05, 4.69) is 21.9 Å². The second-order valence-corrected chi connectivity index (χ2v) is 7.71. The quantitative estimate of drug-likeness (QED) is 0.737. The molecule has 6 heteroatoms. The number of carbonyl (C=O) groups is 1. The third-order valence-electron chi connectivity index (χ3n) is 5.06. The third-order valence-corrected chi connectivity index (χ3v) is 6.13. The van der Waals surface area contributed by atoms with Crippen molar-refractivity contribution >= 4 is 17.2 Å². The Kier molecular flexibility index (Phi) is 4.36. The SMILES string of the molecule is Cn1nc(-c2ccc(F)cc2)cc1C(=O)NC1(c2cccs2)CCCC1. The molecule has 134 valence electrons. The summed E-state index contributed by atoms with van der Waals surface area (Å²) in [6.45, 7) is 0. The molecule has 4 nitrogen and oxygen atoms in total. The Labute approximate surface area is 155 Å². The molecule has 1 N–H and O–H groups in total. The number of nitrogens with one attached hydrogen (secondary N) is 1. The maximum absolute atomic E-state index is 13.1. The lowest BCUT2D eigenvalue weighted by atomic mass is 9.95. The number of benzene rings is 1. The molecule has 3 aromatic rings. The third kappa shape index (κ3) is 3.05. The van der Waals surface area contributed by atoms with Crippen LogP contribution < -0.4 is 5.32 Å². The molecule has 2 aromatic heterocycles. The van der Waals surface area contributed by atoms with Crippen LogP contribution >= 0.6 is 11.3 Å². The van der Waals surface area contributed by atoms with Gasteiger partial charge in [0.05, 0.1) is 11.2 Å². The molecule has 1 fully saturated rings. The molecule has 1 aliphatic rings. The molecular formula is C20H20FN3OS. The van der Waals surface area contributed by atoms with Crippen molar-refractivity contribution in [2.45, 2.75) is 31.2 Å². The van der Waals surface area contributed by atoms with E-state index in [0.717, 1.165) is 31.2 Å². The predicted octanol–water partition coefficient (Wildman–Crippen LogP) is 4.49. The fraction of sp³-hybridized carbons (Fsp3) is 0.300. The van der Waals surface area contributed by atoms with E-state index in [-0.39, 0.29) is 17.3 Å². The number of halogens is 1. The molecule has 0 atom stereocenters. The van der Waals surface area contributed by atoms with Crippen molar-refractivity contribution in [3.05, 3.63) is 64.2 Å². The maximum atomic E-state index is 13.1. The van der Waals surface area contributed by atoms with Gasteiger partial charge in [-0.1, -0.05) is 18.9 Å². The Morgan fingerprint density at radius 2 is 1.96 bits per heavy atom. The fourth-order valence-corrected chi connectivity index (χ4v) is 4.63. The number of nitrogens with zero attached hydrogens (tertiary/aromatic N) is 2. The van der Waals surface area contributed by atoms with Gasteiger partial charge >= 0.3 is 0 Å². The molecule has 4 rings (SSSR count). The largest absolute Gasteiger partial charge is 0.340 e. The van der Waals surface area contributed by atoms with Gasteiger partial charge in [0, 0.05) is 17.5 Å². The molecule has 0 unspecified atom stereocenters. The highest BCUT2D eigenvalue weighted by Gasteiger charge is 2.38. The van der Waals surface area contributed by atoms with E-state index in [1.54, 1.807) is 41.3 Å². The first-order valence-electron chi connectivity index (χ1n) is 8.74. The minimum atomic E-state index is -0.290. The van der Waals surface area contributed by atoms with Gasteiger partial charge in [-0.25, -0.2) is 4.39 Å². The van der Waals surface area contributed by atoms with Crippen LogP contribution in [-0.2, 0) is 12.6 Å². The lowest BCUT2D eigenvalue weighted by Gasteiger charge is -2.29. The highest BCUT2D eigenvalue weighted by molar-refractivity contribution is 7.10. The number of amides is 1.